The number of hydrogen-bond acceptors (Lipinski definition) is 0. The van der Waals surface area contributed by atoms with Crippen LogP contribution in [-0.4, -0.2) is 0 Å². The highest BCUT2D eigenvalue weighted by Crippen LogP contribution is 2.40. The van der Waals surface area contributed by atoms with Gasteiger partial charge >= 0.3 is 0 Å². The minimum absolute atomic E-state index is 0.561. The molecule has 0 nitrogen and oxygen atoms in total. The van der Waals surface area contributed by atoms with E-state index in [0.717, 1.165) is 0 Å². The van der Waals surface area contributed by atoms with Crippen LogP contribution in [0.15, 0.2) is 48.0 Å². The quantitative estimate of drug-likeness (QED) is 0.637. The first kappa shape index (κ1) is 11.3. The maximum absolute atomic E-state index is 2.34. The molecular formula is C18H18. The van der Waals surface area contributed by atoms with E-state index in [4.69, 9.17) is 0 Å². The maximum Gasteiger partial charge on any atom is 0.00265 e. The first-order chi connectivity index (χ1) is 8.66. The fraction of sp³-hybridized carbons (Fsp3) is 0.222. The highest BCUT2D eigenvalue weighted by atomic mass is 14.2. The molecule has 90 valence electrons. The molecule has 0 amide bonds. The molecule has 0 N–H and O–H groups in total. The zero-order valence-electron chi connectivity index (χ0n) is 11.2. The molecule has 1 unspecified atom stereocenters. The van der Waals surface area contributed by atoms with E-state index in [1.165, 1.54) is 33.4 Å². The second-order valence-electron chi connectivity index (χ2n) is 5.28. The Morgan fingerprint density at radius 3 is 2.33 bits per heavy atom. The standard InChI is InChI=1S/C18H18/c1-12-7-9-15(10-8-12)17-6-4-5-16-14(3)13(2)11-18(16)17/h4-11,14H,1-3H3. The molecular weight excluding hydrogens is 216 g/mol. The monoisotopic (exact) mass is 234 g/mol. The summed E-state index contributed by atoms with van der Waals surface area (Å²) in [5.74, 6) is 0.561. The van der Waals surface area contributed by atoms with Gasteiger partial charge < -0.3 is 0 Å². The van der Waals surface area contributed by atoms with Gasteiger partial charge in [-0.05, 0) is 36.1 Å². The van der Waals surface area contributed by atoms with Crippen LogP contribution in [0.5, 0.6) is 0 Å². The van der Waals surface area contributed by atoms with Crippen LogP contribution < -0.4 is 0 Å². The Labute approximate surface area is 109 Å². The molecule has 0 saturated heterocycles. The third-order valence-corrected chi connectivity index (χ3v) is 4.02. The van der Waals surface area contributed by atoms with Gasteiger partial charge in [-0.3, -0.25) is 0 Å². The van der Waals surface area contributed by atoms with Crippen molar-refractivity contribution < 1.29 is 0 Å². The molecule has 2 aromatic rings. The van der Waals surface area contributed by atoms with Crippen molar-refractivity contribution in [3.05, 3.63) is 64.7 Å². The fourth-order valence-corrected chi connectivity index (χ4v) is 2.70. The number of aryl methyl sites for hydroxylation is 1. The predicted molar refractivity (Wildman–Crippen MR) is 78.7 cm³/mol. The number of hydrogen-bond donors (Lipinski definition) is 0. The molecule has 0 heterocycles. The van der Waals surface area contributed by atoms with E-state index in [1.807, 2.05) is 0 Å². The van der Waals surface area contributed by atoms with Crippen LogP contribution in [0.25, 0.3) is 17.2 Å². The average Bonchev–Trinajstić information content (AvgIpc) is 2.67. The number of allylic oxidation sites excluding steroid dienone is 1. The normalized spacial score (nSPS) is 17.5. The summed E-state index contributed by atoms with van der Waals surface area (Å²) in [5, 5.41) is 0. The van der Waals surface area contributed by atoms with Gasteiger partial charge in [0.05, 0.1) is 0 Å². The summed E-state index contributed by atoms with van der Waals surface area (Å²) in [7, 11) is 0. The van der Waals surface area contributed by atoms with Crippen molar-refractivity contribution in [1.82, 2.24) is 0 Å². The summed E-state index contributed by atoms with van der Waals surface area (Å²) in [5.41, 5.74) is 8.32. The lowest BCUT2D eigenvalue weighted by molar-refractivity contribution is 0.922. The Hall–Kier alpha value is -1.82. The van der Waals surface area contributed by atoms with E-state index in [0.29, 0.717) is 5.92 Å². The SMILES string of the molecule is CC1=Cc2c(-c3ccc(C)cc3)cccc2C1C. The van der Waals surface area contributed by atoms with Crippen molar-refractivity contribution in [3.63, 3.8) is 0 Å². The summed E-state index contributed by atoms with van der Waals surface area (Å²) < 4.78 is 0. The van der Waals surface area contributed by atoms with Crippen molar-refractivity contribution in [2.75, 3.05) is 0 Å². The first-order valence-electron chi connectivity index (χ1n) is 6.55. The number of rotatable bonds is 1. The molecule has 1 aliphatic rings. The smallest absolute Gasteiger partial charge is 0.00265 e. The van der Waals surface area contributed by atoms with Crippen LogP contribution in [0.3, 0.4) is 0 Å². The molecule has 0 spiro atoms. The summed E-state index contributed by atoms with van der Waals surface area (Å²) in [6, 6.07) is 15.5. The van der Waals surface area contributed by atoms with Crippen LogP contribution in [0.1, 0.15) is 36.5 Å². The largest absolute Gasteiger partial charge is 0.0655 e. The Morgan fingerprint density at radius 1 is 0.889 bits per heavy atom. The highest BCUT2D eigenvalue weighted by Gasteiger charge is 2.20. The van der Waals surface area contributed by atoms with E-state index < -0.39 is 0 Å². The van der Waals surface area contributed by atoms with Crippen LogP contribution in [0.2, 0.25) is 0 Å². The van der Waals surface area contributed by atoms with Crippen LogP contribution in [0.4, 0.5) is 0 Å². The zero-order valence-corrected chi connectivity index (χ0v) is 11.2. The zero-order chi connectivity index (χ0) is 12.7. The molecule has 1 aliphatic carbocycles. The van der Waals surface area contributed by atoms with Crippen LogP contribution >= 0.6 is 0 Å². The molecule has 0 bridgehead atoms. The van der Waals surface area contributed by atoms with E-state index in [9.17, 15) is 0 Å². The predicted octanol–water partition coefficient (Wildman–Crippen LogP) is 5.18. The van der Waals surface area contributed by atoms with Crippen molar-refractivity contribution >= 4 is 6.08 Å². The maximum atomic E-state index is 2.34. The molecule has 0 saturated carbocycles. The minimum atomic E-state index is 0.561. The van der Waals surface area contributed by atoms with Crippen LogP contribution in [0, 0.1) is 6.92 Å². The van der Waals surface area contributed by atoms with Gasteiger partial charge in [0.15, 0.2) is 0 Å². The Morgan fingerprint density at radius 2 is 1.61 bits per heavy atom. The molecule has 0 aliphatic heterocycles. The van der Waals surface area contributed by atoms with Gasteiger partial charge in [0.1, 0.15) is 0 Å². The molecule has 1 atom stereocenters. The van der Waals surface area contributed by atoms with E-state index in [1.54, 1.807) is 0 Å². The van der Waals surface area contributed by atoms with E-state index in [2.05, 4.69) is 69.3 Å². The van der Waals surface area contributed by atoms with Crippen LogP contribution in [-0.2, 0) is 0 Å². The van der Waals surface area contributed by atoms with Gasteiger partial charge in [0, 0.05) is 5.92 Å². The van der Waals surface area contributed by atoms with Crippen molar-refractivity contribution in [3.8, 4) is 11.1 Å². The number of benzene rings is 2. The highest BCUT2D eigenvalue weighted by molar-refractivity contribution is 5.81. The lowest BCUT2D eigenvalue weighted by Crippen LogP contribution is -1.91. The lowest BCUT2D eigenvalue weighted by Gasteiger charge is -2.11. The van der Waals surface area contributed by atoms with Crippen molar-refractivity contribution in [2.24, 2.45) is 0 Å². The van der Waals surface area contributed by atoms with Crippen molar-refractivity contribution in [2.45, 2.75) is 26.7 Å². The van der Waals surface area contributed by atoms with Gasteiger partial charge in [-0.1, -0.05) is 66.6 Å². The van der Waals surface area contributed by atoms with Crippen molar-refractivity contribution in [1.29, 1.82) is 0 Å². The molecule has 0 aromatic heterocycles. The molecule has 2 aromatic carbocycles. The van der Waals surface area contributed by atoms with E-state index in [-0.39, 0.29) is 0 Å². The molecule has 0 fully saturated rings. The topological polar surface area (TPSA) is 0 Å². The van der Waals surface area contributed by atoms with Gasteiger partial charge in [-0.25, -0.2) is 0 Å². The van der Waals surface area contributed by atoms with Gasteiger partial charge in [0.2, 0.25) is 0 Å². The Balaban J connectivity index is 2.18. The third kappa shape index (κ3) is 1.69. The number of fused-ring (bicyclic) bond motifs is 1. The van der Waals surface area contributed by atoms with Gasteiger partial charge in [-0.2, -0.15) is 0 Å². The summed E-state index contributed by atoms with van der Waals surface area (Å²) >= 11 is 0. The second-order valence-corrected chi connectivity index (χ2v) is 5.28. The van der Waals surface area contributed by atoms with E-state index >= 15 is 0 Å². The fourth-order valence-electron chi connectivity index (χ4n) is 2.70. The third-order valence-electron chi connectivity index (χ3n) is 4.02. The van der Waals surface area contributed by atoms with Gasteiger partial charge in [-0.15, -0.1) is 0 Å². The summed E-state index contributed by atoms with van der Waals surface area (Å²) in [6.45, 7) is 6.64. The summed E-state index contributed by atoms with van der Waals surface area (Å²) in [6.07, 6.45) is 2.34. The molecule has 18 heavy (non-hydrogen) atoms. The Kier molecular flexibility index (Phi) is 2.59. The first-order valence-corrected chi connectivity index (χ1v) is 6.55. The Bertz CT molecular complexity index is 615. The summed E-state index contributed by atoms with van der Waals surface area (Å²) in [4.78, 5) is 0. The molecule has 0 heteroatoms. The lowest BCUT2D eigenvalue weighted by atomic mass is 9.93. The van der Waals surface area contributed by atoms with Gasteiger partial charge in [0.25, 0.3) is 0 Å². The second kappa shape index (κ2) is 4.13. The minimum Gasteiger partial charge on any atom is -0.0655 e. The molecule has 3 rings (SSSR count). The molecule has 0 radical (unpaired) electrons. The average molecular weight is 234 g/mol.